The first-order chi connectivity index (χ1) is 11.8. The van der Waals surface area contributed by atoms with Crippen LogP contribution in [0.25, 0.3) is 38.3 Å². The molecule has 114 valence electrons. The maximum Gasteiger partial charge on any atom is 0.0552 e. The number of rotatable bonds is 1. The maximum atomic E-state index is 3.63. The summed E-state index contributed by atoms with van der Waals surface area (Å²) >= 11 is 3.63. The van der Waals surface area contributed by atoms with E-state index in [1.165, 1.54) is 38.3 Å². The Balaban J connectivity index is 2.07. The van der Waals surface area contributed by atoms with Crippen LogP contribution < -0.4 is 0 Å². The van der Waals surface area contributed by atoms with Crippen molar-refractivity contribution in [3.8, 4) is 5.69 Å². The molecule has 0 N–H and O–H groups in total. The minimum absolute atomic E-state index is 1.10. The maximum absolute atomic E-state index is 3.63. The minimum Gasteiger partial charge on any atom is -0.309 e. The number of halogens is 1. The smallest absolute Gasteiger partial charge is 0.0552 e. The molecule has 0 radical (unpaired) electrons. The largest absolute Gasteiger partial charge is 0.309 e. The van der Waals surface area contributed by atoms with E-state index in [1.54, 1.807) is 0 Å². The zero-order valence-electron chi connectivity index (χ0n) is 12.9. The van der Waals surface area contributed by atoms with E-state index in [-0.39, 0.29) is 0 Å². The van der Waals surface area contributed by atoms with Gasteiger partial charge in [0.25, 0.3) is 0 Å². The number of para-hydroxylation sites is 1. The van der Waals surface area contributed by atoms with Crippen molar-refractivity contribution in [3.63, 3.8) is 0 Å². The lowest BCUT2D eigenvalue weighted by Crippen LogP contribution is -1.92. The second-order valence-corrected chi connectivity index (χ2v) is 6.93. The average Bonchev–Trinajstić information content (AvgIpc) is 2.96. The first-order valence-electron chi connectivity index (χ1n) is 8.00. The quantitative estimate of drug-likeness (QED) is 0.309. The molecule has 0 fully saturated rings. The van der Waals surface area contributed by atoms with Crippen molar-refractivity contribution in [2.75, 3.05) is 0 Å². The van der Waals surface area contributed by atoms with E-state index < -0.39 is 0 Å². The molecule has 1 heterocycles. The zero-order chi connectivity index (χ0) is 16.1. The predicted molar refractivity (Wildman–Crippen MR) is 106 cm³/mol. The third kappa shape index (κ3) is 1.93. The summed E-state index contributed by atoms with van der Waals surface area (Å²) in [4.78, 5) is 0. The van der Waals surface area contributed by atoms with Gasteiger partial charge in [0.1, 0.15) is 0 Å². The molecule has 0 bridgehead atoms. The predicted octanol–water partition coefficient (Wildman–Crippen LogP) is 6.70. The van der Waals surface area contributed by atoms with Gasteiger partial charge in [-0.1, -0.05) is 70.5 Å². The number of nitrogens with zero attached hydrogens (tertiary/aromatic N) is 1. The van der Waals surface area contributed by atoms with Gasteiger partial charge in [-0.2, -0.15) is 0 Å². The molecule has 2 heteroatoms. The van der Waals surface area contributed by atoms with Crippen molar-refractivity contribution < 1.29 is 0 Å². The fourth-order valence-electron chi connectivity index (χ4n) is 3.62. The molecule has 0 saturated heterocycles. The van der Waals surface area contributed by atoms with E-state index in [9.17, 15) is 0 Å². The number of benzene rings is 4. The van der Waals surface area contributed by atoms with E-state index in [4.69, 9.17) is 0 Å². The third-order valence-electron chi connectivity index (χ3n) is 4.63. The number of hydrogen-bond acceptors (Lipinski definition) is 0. The average molecular weight is 372 g/mol. The van der Waals surface area contributed by atoms with Gasteiger partial charge in [-0.15, -0.1) is 0 Å². The molecule has 5 aromatic rings. The molecule has 1 aromatic heterocycles. The molecule has 0 saturated carbocycles. The highest BCUT2D eigenvalue weighted by Gasteiger charge is 2.14. The van der Waals surface area contributed by atoms with Crippen LogP contribution in [0.1, 0.15) is 0 Å². The van der Waals surface area contributed by atoms with Crippen molar-refractivity contribution in [2.24, 2.45) is 0 Å². The van der Waals surface area contributed by atoms with Crippen molar-refractivity contribution in [3.05, 3.63) is 89.4 Å². The molecule has 4 aromatic carbocycles. The van der Waals surface area contributed by atoms with Crippen LogP contribution in [0, 0.1) is 0 Å². The highest BCUT2D eigenvalue weighted by atomic mass is 79.9. The van der Waals surface area contributed by atoms with Gasteiger partial charge in [-0.05, 0) is 41.1 Å². The summed E-state index contributed by atoms with van der Waals surface area (Å²) in [6, 6.07) is 30.2. The van der Waals surface area contributed by atoms with Crippen LogP contribution in [0.2, 0.25) is 0 Å². The van der Waals surface area contributed by atoms with Crippen LogP contribution in [0.5, 0.6) is 0 Å². The van der Waals surface area contributed by atoms with Gasteiger partial charge in [-0.25, -0.2) is 0 Å². The molecule has 0 aliphatic carbocycles. The van der Waals surface area contributed by atoms with Crippen LogP contribution in [0.15, 0.2) is 89.4 Å². The normalized spacial score (nSPS) is 11.5. The summed E-state index contributed by atoms with van der Waals surface area (Å²) in [6.45, 7) is 0. The highest BCUT2D eigenvalue weighted by molar-refractivity contribution is 9.10. The third-order valence-corrected chi connectivity index (χ3v) is 5.13. The molecule has 0 unspecified atom stereocenters. The summed E-state index contributed by atoms with van der Waals surface area (Å²) in [6.07, 6.45) is 0. The lowest BCUT2D eigenvalue weighted by molar-refractivity contribution is 1.18. The molecule has 24 heavy (non-hydrogen) atoms. The molecule has 1 nitrogen and oxygen atoms in total. The topological polar surface area (TPSA) is 4.93 Å². The molecule has 0 amide bonds. The Kier molecular flexibility index (Phi) is 3.00. The lowest BCUT2D eigenvalue weighted by Gasteiger charge is -2.08. The Hall–Kier alpha value is -2.58. The van der Waals surface area contributed by atoms with Crippen LogP contribution in [-0.4, -0.2) is 4.57 Å². The zero-order valence-corrected chi connectivity index (χ0v) is 14.5. The van der Waals surface area contributed by atoms with Crippen molar-refractivity contribution in [2.45, 2.75) is 0 Å². The Morgan fingerprint density at radius 3 is 2.29 bits per heavy atom. The SMILES string of the molecule is Brc1ccc2c3c4ccccc4ccc3n(-c3ccccc3)c2c1. The van der Waals surface area contributed by atoms with Gasteiger partial charge >= 0.3 is 0 Å². The van der Waals surface area contributed by atoms with Crippen molar-refractivity contribution in [1.82, 2.24) is 4.57 Å². The van der Waals surface area contributed by atoms with Crippen LogP contribution >= 0.6 is 15.9 Å². The Morgan fingerprint density at radius 1 is 0.625 bits per heavy atom. The van der Waals surface area contributed by atoms with Crippen LogP contribution in [0.3, 0.4) is 0 Å². The van der Waals surface area contributed by atoms with E-state index in [0.717, 1.165) is 4.47 Å². The van der Waals surface area contributed by atoms with Gasteiger partial charge < -0.3 is 4.57 Å². The second-order valence-electron chi connectivity index (χ2n) is 6.01. The summed E-state index contributed by atoms with van der Waals surface area (Å²) in [5.41, 5.74) is 3.65. The van der Waals surface area contributed by atoms with E-state index in [1.807, 2.05) is 0 Å². The summed E-state index contributed by atoms with van der Waals surface area (Å²) in [5, 5.41) is 5.19. The van der Waals surface area contributed by atoms with Gasteiger partial charge in [-0.3, -0.25) is 0 Å². The van der Waals surface area contributed by atoms with E-state index in [0.29, 0.717) is 0 Å². The molecule has 0 aliphatic heterocycles. The molecule has 0 spiro atoms. The fourth-order valence-corrected chi connectivity index (χ4v) is 3.96. The first-order valence-corrected chi connectivity index (χ1v) is 8.79. The van der Waals surface area contributed by atoms with Crippen LogP contribution in [-0.2, 0) is 0 Å². The molecule has 5 rings (SSSR count). The van der Waals surface area contributed by atoms with Gasteiger partial charge in [0, 0.05) is 20.9 Å². The van der Waals surface area contributed by atoms with Gasteiger partial charge in [0.2, 0.25) is 0 Å². The monoisotopic (exact) mass is 371 g/mol. The summed E-state index contributed by atoms with van der Waals surface area (Å²) in [7, 11) is 0. The highest BCUT2D eigenvalue weighted by Crippen LogP contribution is 2.37. The van der Waals surface area contributed by atoms with Crippen LogP contribution in [0.4, 0.5) is 0 Å². The molecular weight excluding hydrogens is 358 g/mol. The van der Waals surface area contributed by atoms with E-state index in [2.05, 4.69) is 105 Å². The van der Waals surface area contributed by atoms with Crippen molar-refractivity contribution >= 4 is 48.5 Å². The summed E-state index contributed by atoms with van der Waals surface area (Å²) in [5.74, 6) is 0. The number of aromatic nitrogens is 1. The van der Waals surface area contributed by atoms with Crippen molar-refractivity contribution in [1.29, 1.82) is 0 Å². The molecular formula is C22H14BrN. The Bertz CT molecular complexity index is 1200. The Morgan fingerprint density at radius 2 is 1.42 bits per heavy atom. The summed E-state index contributed by atoms with van der Waals surface area (Å²) < 4.78 is 3.45. The number of fused-ring (bicyclic) bond motifs is 5. The van der Waals surface area contributed by atoms with Gasteiger partial charge in [0.15, 0.2) is 0 Å². The van der Waals surface area contributed by atoms with Gasteiger partial charge in [0.05, 0.1) is 11.0 Å². The standard InChI is InChI=1S/C22H14BrN/c23-16-11-12-19-21(14-16)24(17-7-2-1-3-8-17)20-13-10-15-6-4-5-9-18(15)22(19)20/h1-14H. The van der Waals surface area contributed by atoms with E-state index >= 15 is 0 Å². The molecule has 0 aliphatic rings. The second kappa shape index (κ2) is 5.22. The number of hydrogen-bond donors (Lipinski definition) is 0. The minimum atomic E-state index is 1.10. The Labute approximate surface area is 148 Å². The fraction of sp³-hybridized carbons (Fsp3) is 0. The molecule has 0 atom stereocenters. The lowest BCUT2D eigenvalue weighted by atomic mass is 10.0. The first kappa shape index (κ1) is 13.8.